The Bertz CT molecular complexity index is 428. The molecule has 72 valence electrons. The van der Waals surface area contributed by atoms with Crippen LogP contribution in [0, 0.1) is 0 Å². The molecule has 0 aliphatic rings. The van der Waals surface area contributed by atoms with Gasteiger partial charge in [-0.3, -0.25) is 0 Å². The number of aromatic nitrogens is 1. The third-order valence-electron chi connectivity index (χ3n) is 1.56. The first-order chi connectivity index (χ1) is 6.75. The van der Waals surface area contributed by atoms with E-state index in [0.29, 0.717) is 0 Å². The molecule has 14 heavy (non-hydrogen) atoms. The molecule has 5 heteroatoms. The first-order valence-corrected chi connectivity index (χ1v) is 6.37. The van der Waals surface area contributed by atoms with E-state index in [1.807, 2.05) is 23.6 Å². The van der Waals surface area contributed by atoms with Gasteiger partial charge in [0.25, 0.3) is 0 Å². The molecule has 0 spiro atoms. The Hall–Kier alpha value is -0.520. The van der Waals surface area contributed by atoms with E-state index in [4.69, 9.17) is 5.73 Å². The Morgan fingerprint density at radius 3 is 2.93 bits per heavy atom. The number of anilines is 1. The summed E-state index contributed by atoms with van der Waals surface area (Å²) >= 11 is 6.73. The summed E-state index contributed by atoms with van der Waals surface area (Å²) in [5.41, 5.74) is 6.41. The van der Waals surface area contributed by atoms with Gasteiger partial charge in [0.05, 0.1) is 0 Å². The average Bonchev–Trinajstić information content (AvgIpc) is 2.62. The monoisotopic (exact) mass is 286 g/mol. The van der Waals surface area contributed by atoms with Crippen LogP contribution in [0.1, 0.15) is 0 Å². The van der Waals surface area contributed by atoms with Crippen LogP contribution < -0.4 is 5.73 Å². The smallest absolute Gasteiger partial charge is 0.154 e. The standard InChI is InChI=1S/C9H7BrN2S2/c10-7-5-6(11)1-2-8(7)14-9-12-3-4-13-9/h1-5H,11H2. The highest BCUT2D eigenvalue weighted by molar-refractivity contribution is 9.10. The molecule has 0 fully saturated rings. The molecule has 0 saturated carbocycles. The van der Waals surface area contributed by atoms with Crippen molar-refractivity contribution >= 4 is 44.7 Å². The first-order valence-electron chi connectivity index (χ1n) is 3.88. The SMILES string of the molecule is Nc1ccc(Sc2nccs2)c(Br)c1. The van der Waals surface area contributed by atoms with Crippen LogP contribution >= 0.6 is 39.0 Å². The van der Waals surface area contributed by atoms with Gasteiger partial charge in [-0.25, -0.2) is 4.98 Å². The predicted molar refractivity (Wildman–Crippen MR) is 64.8 cm³/mol. The van der Waals surface area contributed by atoms with Gasteiger partial charge in [0.15, 0.2) is 4.34 Å². The van der Waals surface area contributed by atoms with Crippen molar-refractivity contribution in [3.05, 3.63) is 34.2 Å². The number of benzene rings is 1. The van der Waals surface area contributed by atoms with E-state index < -0.39 is 0 Å². The largest absolute Gasteiger partial charge is 0.399 e. The molecule has 2 rings (SSSR count). The van der Waals surface area contributed by atoms with Crippen LogP contribution in [0.5, 0.6) is 0 Å². The van der Waals surface area contributed by atoms with E-state index in [2.05, 4.69) is 20.9 Å². The lowest BCUT2D eigenvalue weighted by atomic mass is 10.3. The zero-order chi connectivity index (χ0) is 9.97. The molecule has 0 atom stereocenters. The maximum absolute atomic E-state index is 5.65. The second-order valence-corrected chi connectivity index (χ2v) is 5.63. The van der Waals surface area contributed by atoms with Crippen molar-refractivity contribution < 1.29 is 0 Å². The number of hydrogen-bond acceptors (Lipinski definition) is 4. The molecule has 0 radical (unpaired) electrons. The quantitative estimate of drug-likeness (QED) is 0.857. The fourth-order valence-corrected chi connectivity index (χ4v) is 3.18. The van der Waals surface area contributed by atoms with Crippen LogP contribution in [-0.2, 0) is 0 Å². The highest BCUT2D eigenvalue weighted by Gasteiger charge is 2.04. The third-order valence-corrected chi connectivity index (χ3v) is 4.44. The molecule has 1 aromatic heterocycles. The molecule has 2 aromatic rings. The molecule has 1 aromatic carbocycles. The number of nitrogens with two attached hydrogens (primary N) is 1. The second kappa shape index (κ2) is 4.33. The van der Waals surface area contributed by atoms with Gasteiger partial charge in [0, 0.05) is 26.6 Å². The highest BCUT2D eigenvalue weighted by atomic mass is 79.9. The fourth-order valence-electron chi connectivity index (χ4n) is 0.955. The Morgan fingerprint density at radius 2 is 2.29 bits per heavy atom. The van der Waals surface area contributed by atoms with Crippen molar-refractivity contribution in [2.75, 3.05) is 5.73 Å². The molecule has 0 amide bonds. The van der Waals surface area contributed by atoms with E-state index >= 15 is 0 Å². The van der Waals surface area contributed by atoms with Crippen molar-refractivity contribution in [3.8, 4) is 0 Å². The number of hydrogen-bond donors (Lipinski definition) is 1. The Kier molecular flexibility index (Phi) is 3.10. The zero-order valence-corrected chi connectivity index (χ0v) is 10.3. The van der Waals surface area contributed by atoms with Crippen LogP contribution in [0.2, 0.25) is 0 Å². The van der Waals surface area contributed by atoms with Crippen molar-refractivity contribution in [1.29, 1.82) is 0 Å². The summed E-state index contributed by atoms with van der Waals surface area (Å²) < 4.78 is 2.05. The minimum atomic E-state index is 0.764. The lowest BCUT2D eigenvalue weighted by molar-refractivity contribution is 1.24. The van der Waals surface area contributed by atoms with Gasteiger partial charge in [0.2, 0.25) is 0 Å². The third kappa shape index (κ3) is 2.29. The lowest BCUT2D eigenvalue weighted by Crippen LogP contribution is -1.84. The van der Waals surface area contributed by atoms with E-state index in [1.54, 1.807) is 29.3 Å². The maximum atomic E-state index is 5.65. The first kappa shape index (κ1) is 10.0. The Morgan fingerprint density at radius 1 is 1.43 bits per heavy atom. The van der Waals surface area contributed by atoms with Crippen molar-refractivity contribution in [1.82, 2.24) is 4.98 Å². The molecule has 2 N–H and O–H groups in total. The molecular formula is C9H7BrN2S2. The zero-order valence-electron chi connectivity index (χ0n) is 7.11. The van der Waals surface area contributed by atoms with E-state index in [9.17, 15) is 0 Å². The van der Waals surface area contributed by atoms with Gasteiger partial charge in [-0.15, -0.1) is 11.3 Å². The lowest BCUT2D eigenvalue weighted by Gasteiger charge is -2.02. The van der Waals surface area contributed by atoms with Gasteiger partial charge in [-0.1, -0.05) is 11.8 Å². The topological polar surface area (TPSA) is 38.9 Å². The van der Waals surface area contributed by atoms with Crippen LogP contribution in [0.3, 0.4) is 0 Å². The van der Waals surface area contributed by atoms with Gasteiger partial charge >= 0.3 is 0 Å². The summed E-state index contributed by atoms with van der Waals surface area (Å²) in [5, 5.41) is 1.97. The summed E-state index contributed by atoms with van der Waals surface area (Å²) in [6.45, 7) is 0. The Balaban J connectivity index is 2.25. The predicted octanol–water partition coefficient (Wildman–Crippen LogP) is 3.64. The fraction of sp³-hybridized carbons (Fsp3) is 0. The summed E-state index contributed by atoms with van der Waals surface area (Å²) in [6, 6.07) is 5.78. The normalized spacial score (nSPS) is 10.4. The van der Waals surface area contributed by atoms with Gasteiger partial charge in [-0.2, -0.15) is 0 Å². The van der Waals surface area contributed by atoms with E-state index in [1.165, 1.54) is 0 Å². The number of rotatable bonds is 2. The Labute approximate surface area is 98.7 Å². The minimum Gasteiger partial charge on any atom is -0.399 e. The van der Waals surface area contributed by atoms with E-state index in [0.717, 1.165) is 19.4 Å². The number of halogens is 1. The number of nitrogens with zero attached hydrogens (tertiary/aromatic N) is 1. The molecule has 0 saturated heterocycles. The van der Waals surface area contributed by atoms with Gasteiger partial charge in [0.1, 0.15) is 0 Å². The minimum absolute atomic E-state index is 0.764. The van der Waals surface area contributed by atoms with Crippen molar-refractivity contribution in [2.45, 2.75) is 9.24 Å². The molecule has 1 heterocycles. The molecule has 0 unspecified atom stereocenters. The molecule has 0 aliphatic heterocycles. The van der Waals surface area contributed by atoms with Crippen molar-refractivity contribution in [2.24, 2.45) is 0 Å². The van der Waals surface area contributed by atoms with E-state index in [-0.39, 0.29) is 0 Å². The van der Waals surface area contributed by atoms with Crippen LogP contribution in [0.25, 0.3) is 0 Å². The summed E-state index contributed by atoms with van der Waals surface area (Å²) in [4.78, 5) is 5.34. The molecular weight excluding hydrogens is 280 g/mol. The molecule has 0 bridgehead atoms. The summed E-state index contributed by atoms with van der Waals surface area (Å²) in [7, 11) is 0. The van der Waals surface area contributed by atoms with Crippen LogP contribution in [0.15, 0.2) is 43.5 Å². The summed E-state index contributed by atoms with van der Waals surface area (Å²) in [6.07, 6.45) is 1.80. The summed E-state index contributed by atoms with van der Waals surface area (Å²) in [5.74, 6) is 0. The van der Waals surface area contributed by atoms with Crippen LogP contribution in [-0.4, -0.2) is 4.98 Å². The average molecular weight is 287 g/mol. The molecule has 2 nitrogen and oxygen atoms in total. The van der Waals surface area contributed by atoms with Crippen LogP contribution in [0.4, 0.5) is 5.69 Å². The number of thiazole rings is 1. The van der Waals surface area contributed by atoms with Gasteiger partial charge < -0.3 is 5.73 Å². The molecule has 0 aliphatic carbocycles. The second-order valence-electron chi connectivity index (χ2n) is 2.59. The highest BCUT2D eigenvalue weighted by Crippen LogP contribution is 2.35. The van der Waals surface area contributed by atoms with Crippen molar-refractivity contribution in [3.63, 3.8) is 0 Å². The number of nitrogen functional groups attached to an aromatic ring is 1. The van der Waals surface area contributed by atoms with Gasteiger partial charge in [-0.05, 0) is 34.1 Å². The maximum Gasteiger partial charge on any atom is 0.154 e.